The van der Waals surface area contributed by atoms with Crippen molar-refractivity contribution in [1.29, 1.82) is 0 Å². The molecule has 1 unspecified atom stereocenters. The zero-order valence-corrected chi connectivity index (χ0v) is 21.7. The molecule has 1 aliphatic carbocycles. The Morgan fingerprint density at radius 2 is 1.76 bits per heavy atom. The van der Waals surface area contributed by atoms with E-state index in [2.05, 4.69) is 78.2 Å². The number of benzene rings is 1. The third-order valence-corrected chi connectivity index (χ3v) is 60.4. The van der Waals surface area contributed by atoms with Crippen LogP contribution in [-0.2, 0) is 16.3 Å². The average Bonchev–Trinajstić information content (AvgIpc) is 2.81. The Morgan fingerprint density at radius 3 is 2.24 bits per heavy atom. The zero-order chi connectivity index (χ0) is 17.6. The van der Waals surface area contributed by atoms with E-state index in [0.29, 0.717) is 3.63 Å². The van der Waals surface area contributed by atoms with Crippen LogP contribution < -0.4 is 3.26 Å². The van der Waals surface area contributed by atoms with Crippen LogP contribution in [-0.4, -0.2) is 27.4 Å². The van der Waals surface area contributed by atoms with Gasteiger partial charge in [0.15, 0.2) is 0 Å². The van der Waals surface area contributed by atoms with Crippen molar-refractivity contribution in [3.63, 3.8) is 0 Å². The van der Waals surface area contributed by atoms with Gasteiger partial charge < -0.3 is 0 Å². The van der Waals surface area contributed by atoms with E-state index in [1.165, 1.54) is 11.1 Å². The van der Waals surface area contributed by atoms with Crippen LogP contribution >= 0.6 is 24.8 Å². The molecule has 145 valence electrons. The molecule has 0 bridgehead atoms. The normalized spacial score (nSPS) is 19.4. The van der Waals surface area contributed by atoms with Crippen molar-refractivity contribution in [2.75, 3.05) is 6.61 Å². The summed E-state index contributed by atoms with van der Waals surface area (Å²) in [6.45, 7) is 11.8. The number of fused-ring (bicyclic) bond motifs is 1. The van der Waals surface area contributed by atoms with Crippen LogP contribution in [0, 0.1) is 0 Å². The van der Waals surface area contributed by atoms with E-state index in [9.17, 15) is 5.11 Å². The Kier molecular flexibility index (Phi) is 7.58. The van der Waals surface area contributed by atoms with Crippen LogP contribution in [0.1, 0.15) is 35.5 Å². The molecule has 0 saturated carbocycles. The summed E-state index contributed by atoms with van der Waals surface area (Å²) >= 11 is -4.24. The van der Waals surface area contributed by atoms with E-state index in [0.717, 1.165) is 4.13 Å². The number of halogens is 2. The summed E-state index contributed by atoms with van der Waals surface area (Å²) in [5, 5.41) is 10.1. The average molecular weight is 485 g/mol. The third kappa shape index (κ3) is 4.15. The molecule has 2 rings (SSSR count). The number of nitrogens with one attached hydrogen (secondary N) is 1. The molecule has 6 heteroatoms. The molecule has 0 radical (unpaired) electrons. The monoisotopic (exact) mass is 482 g/mol. The first-order valence-corrected chi connectivity index (χ1v) is 24.6. The fourth-order valence-corrected chi connectivity index (χ4v) is 38.3. The summed E-state index contributed by atoms with van der Waals surface area (Å²) in [6, 6.07) is 8.71. The molecule has 25 heavy (non-hydrogen) atoms. The fraction of sp³-hybridized carbons (Fsp3) is 0.526. The van der Waals surface area contributed by atoms with Crippen LogP contribution in [0.15, 0.2) is 30.3 Å². The first-order valence-electron chi connectivity index (χ1n) is 8.83. The Hall–Kier alpha value is 0.430. The van der Waals surface area contributed by atoms with E-state index in [-0.39, 0.29) is 37.0 Å². The molecular weight excluding hydrogens is 448 g/mol. The first kappa shape index (κ1) is 25.4. The maximum atomic E-state index is 10.1. The summed E-state index contributed by atoms with van der Waals surface area (Å²) in [7, 11) is 0. The molecule has 1 aromatic carbocycles. The maximum absolute atomic E-state index is 10.1. The fourth-order valence-electron chi connectivity index (χ4n) is 4.93. The molecule has 0 saturated heterocycles. The number of aliphatic hydroxyl groups is 1. The Balaban J connectivity index is 0.00000288. The topological polar surface area (TPSA) is 32.3 Å². The van der Waals surface area contributed by atoms with Crippen LogP contribution in [0.3, 0.4) is 0 Å². The van der Waals surface area contributed by atoms with Gasteiger partial charge in [0.1, 0.15) is 0 Å². The van der Waals surface area contributed by atoms with E-state index in [1.807, 2.05) is 0 Å². The van der Waals surface area contributed by atoms with Gasteiger partial charge in [0.05, 0.1) is 0 Å². The molecular formula is C19H36Cl2NOSiZr. The number of hydrogen-bond donors (Lipinski definition) is 2. The quantitative estimate of drug-likeness (QED) is 0.577. The van der Waals surface area contributed by atoms with Crippen LogP contribution in [0.5, 0.6) is 0 Å². The van der Waals surface area contributed by atoms with Gasteiger partial charge in [-0.25, -0.2) is 0 Å². The second kappa shape index (κ2) is 7.45. The van der Waals surface area contributed by atoms with Crippen LogP contribution in [0.25, 0.3) is 6.08 Å². The first-order chi connectivity index (χ1) is 10.4. The SMILES string of the molecule is Cl.Cl.[CH2]=[Zr]([CH3])([CH2]CO)([NH]C(C)(C)C)([CH]1C=Cc2ccccc21)[SiH](C)C. The Labute approximate surface area is 164 Å². The molecule has 1 aliphatic rings. The van der Waals surface area contributed by atoms with Crippen LogP contribution in [0.4, 0.5) is 0 Å². The predicted octanol–water partition coefficient (Wildman–Crippen LogP) is 5.00. The van der Waals surface area contributed by atoms with Crippen molar-refractivity contribution in [2.24, 2.45) is 0 Å². The van der Waals surface area contributed by atoms with Crippen molar-refractivity contribution < 1.29 is 21.4 Å². The van der Waals surface area contributed by atoms with Gasteiger partial charge in [-0.15, -0.1) is 24.8 Å². The third-order valence-electron chi connectivity index (χ3n) is 6.67. The molecule has 0 heterocycles. The molecule has 0 aromatic heterocycles. The van der Waals surface area contributed by atoms with Gasteiger partial charge in [0.25, 0.3) is 0 Å². The van der Waals surface area contributed by atoms with E-state index in [1.54, 1.807) is 0 Å². The van der Waals surface area contributed by atoms with Crippen molar-refractivity contribution >= 4 is 41.0 Å². The molecule has 0 aliphatic heterocycles. The second-order valence-corrected chi connectivity index (χ2v) is 52.8. The van der Waals surface area contributed by atoms with Gasteiger partial charge in [-0.3, -0.25) is 0 Å². The van der Waals surface area contributed by atoms with Gasteiger partial charge in [-0.05, 0) is 0 Å². The zero-order valence-electron chi connectivity index (χ0n) is 16.5. The van der Waals surface area contributed by atoms with E-state index < -0.39 is 22.2 Å². The Morgan fingerprint density at radius 1 is 1.20 bits per heavy atom. The minimum atomic E-state index is -4.24. The second-order valence-electron chi connectivity index (χ2n) is 9.88. The summed E-state index contributed by atoms with van der Waals surface area (Å²) < 4.78 is 13.0. The summed E-state index contributed by atoms with van der Waals surface area (Å²) in [5.41, 5.74) is 2.73. The van der Waals surface area contributed by atoms with Crippen molar-refractivity contribution in [3.05, 3.63) is 41.5 Å². The van der Waals surface area contributed by atoms with Gasteiger partial charge in [0, 0.05) is 0 Å². The van der Waals surface area contributed by atoms with Crippen LogP contribution in [0.2, 0.25) is 21.9 Å². The van der Waals surface area contributed by atoms with Gasteiger partial charge in [0.2, 0.25) is 0 Å². The van der Waals surface area contributed by atoms with Crippen molar-refractivity contribution in [2.45, 2.75) is 51.8 Å². The molecule has 1 atom stereocenters. The number of allylic oxidation sites excluding steroid dienone is 1. The predicted molar refractivity (Wildman–Crippen MR) is 119 cm³/mol. The van der Waals surface area contributed by atoms with E-state index in [4.69, 9.17) is 4.21 Å². The molecule has 2 nitrogen and oxygen atoms in total. The number of rotatable bonds is 5. The van der Waals surface area contributed by atoms with Crippen molar-refractivity contribution in [3.8, 4) is 0 Å². The van der Waals surface area contributed by atoms with E-state index >= 15 is 0 Å². The van der Waals surface area contributed by atoms with Gasteiger partial charge in [-0.1, -0.05) is 0 Å². The minimum absolute atomic E-state index is 0. The van der Waals surface area contributed by atoms with Crippen molar-refractivity contribution in [1.82, 2.24) is 3.26 Å². The summed E-state index contributed by atoms with van der Waals surface area (Å²) in [5.74, 6) is -1.21. The molecule has 0 amide bonds. The molecule has 1 aromatic rings. The summed E-state index contributed by atoms with van der Waals surface area (Å²) in [6.07, 6.45) is 4.65. The summed E-state index contributed by atoms with van der Waals surface area (Å²) in [4.78, 5) is 0. The Bertz CT molecular complexity index is 741. The molecule has 0 fully saturated rings. The standard InChI is InChI=1S/C9H7.C4H10N.C2H5O.C2H7Si.CH3.CH2.2ClH.Zr/c1-2-5-9-7-3-6-8(9)4-1;1-4(2,3)5;1-2-3;1-3-2;;;;;/h1-7H;5H,1-3H3;3H,1-2H2;3H,1-2H3;1H3;1H2;2*1H;/q;-1;;;;;;;+1. The van der Waals surface area contributed by atoms with Gasteiger partial charge >= 0.3 is 141 Å². The van der Waals surface area contributed by atoms with Gasteiger partial charge in [-0.2, -0.15) is 0 Å². The molecule has 2 N–H and O–H groups in total. The number of aliphatic hydroxyl groups excluding tert-OH is 1. The molecule has 0 spiro atoms. The number of hydrogen-bond acceptors (Lipinski definition) is 2.